The summed E-state index contributed by atoms with van der Waals surface area (Å²) in [6.07, 6.45) is 7.94. The number of likely N-dealkylation sites (tertiary alicyclic amines) is 3. The van der Waals surface area contributed by atoms with Gasteiger partial charge in [-0.05, 0) is 38.5 Å². The van der Waals surface area contributed by atoms with Gasteiger partial charge in [0.15, 0.2) is 0 Å². The molecule has 0 aromatic rings. The number of piperidine rings is 1. The molecule has 0 bridgehead atoms. The summed E-state index contributed by atoms with van der Waals surface area (Å²) in [7, 11) is 0. The predicted octanol–water partition coefficient (Wildman–Crippen LogP) is 1.58. The molecule has 146 valence electrons. The number of hydrogen-bond acceptors (Lipinski definition) is 3. The van der Waals surface area contributed by atoms with Crippen LogP contribution in [-0.4, -0.2) is 77.9 Å². The molecule has 0 aromatic carbocycles. The van der Waals surface area contributed by atoms with Crippen LogP contribution in [0.4, 0.5) is 4.79 Å². The minimum absolute atomic E-state index is 0.0198. The van der Waals surface area contributed by atoms with E-state index >= 15 is 0 Å². The van der Waals surface area contributed by atoms with Gasteiger partial charge in [0.05, 0.1) is 0 Å². The molecule has 0 aliphatic carbocycles. The Morgan fingerprint density at radius 1 is 0.885 bits per heavy atom. The normalized spacial score (nSPS) is 22.5. The van der Waals surface area contributed by atoms with E-state index in [0.717, 1.165) is 64.6 Å². The van der Waals surface area contributed by atoms with E-state index in [0.29, 0.717) is 32.5 Å². The Bertz CT molecular complexity index is 511. The lowest BCUT2D eigenvalue weighted by Crippen LogP contribution is -2.50. The second-order valence-corrected chi connectivity index (χ2v) is 7.75. The number of nitrogens with one attached hydrogen (secondary N) is 1. The van der Waals surface area contributed by atoms with Gasteiger partial charge in [0, 0.05) is 58.2 Å². The smallest absolute Gasteiger partial charge is 0.319 e. The van der Waals surface area contributed by atoms with Crippen molar-refractivity contribution in [1.82, 2.24) is 20.0 Å². The molecule has 1 N–H and O–H groups in total. The molecule has 26 heavy (non-hydrogen) atoms. The Kier molecular flexibility index (Phi) is 6.74. The van der Waals surface area contributed by atoms with Gasteiger partial charge in [-0.25, -0.2) is 4.79 Å². The van der Waals surface area contributed by atoms with Crippen LogP contribution in [0.3, 0.4) is 0 Å². The third-order valence-electron chi connectivity index (χ3n) is 5.79. The highest BCUT2D eigenvalue weighted by Gasteiger charge is 2.28. The van der Waals surface area contributed by atoms with Crippen molar-refractivity contribution in [2.75, 3.05) is 39.3 Å². The van der Waals surface area contributed by atoms with Gasteiger partial charge in [-0.3, -0.25) is 9.59 Å². The standard InChI is InChI=1S/C19H32N4O3/c24-17(9-15-21-10-3-1-2-6-18(21)25)20-16-7-13-23(14-8-16)19(26)22-11-4-5-12-22/h16H,1-15H2,(H,20,24). The molecule has 7 heteroatoms. The van der Waals surface area contributed by atoms with Crippen molar-refractivity contribution in [3.05, 3.63) is 0 Å². The zero-order chi connectivity index (χ0) is 18.4. The summed E-state index contributed by atoms with van der Waals surface area (Å²) < 4.78 is 0. The van der Waals surface area contributed by atoms with Gasteiger partial charge < -0.3 is 20.0 Å². The second kappa shape index (κ2) is 9.24. The van der Waals surface area contributed by atoms with Gasteiger partial charge in [0.25, 0.3) is 0 Å². The number of carbonyl (C=O) groups is 3. The zero-order valence-corrected chi connectivity index (χ0v) is 15.8. The molecule has 0 spiro atoms. The van der Waals surface area contributed by atoms with Crippen molar-refractivity contribution >= 4 is 17.8 Å². The van der Waals surface area contributed by atoms with E-state index in [9.17, 15) is 14.4 Å². The van der Waals surface area contributed by atoms with Crippen LogP contribution in [0.5, 0.6) is 0 Å². The number of nitrogens with zero attached hydrogens (tertiary/aromatic N) is 3. The first-order valence-electron chi connectivity index (χ1n) is 10.2. The monoisotopic (exact) mass is 364 g/mol. The van der Waals surface area contributed by atoms with Gasteiger partial charge >= 0.3 is 6.03 Å². The van der Waals surface area contributed by atoms with Crippen LogP contribution in [-0.2, 0) is 9.59 Å². The highest BCUT2D eigenvalue weighted by Crippen LogP contribution is 2.16. The van der Waals surface area contributed by atoms with Crippen LogP contribution in [0, 0.1) is 0 Å². The van der Waals surface area contributed by atoms with Crippen LogP contribution >= 0.6 is 0 Å². The van der Waals surface area contributed by atoms with Crippen molar-refractivity contribution in [1.29, 1.82) is 0 Å². The average Bonchev–Trinajstić information content (AvgIpc) is 3.10. The maximum Gasteiger partial charge on any atom is 0.319 e. The molecule has 3 fully saturated rings. The quantitative estimate of drug-likeness (QED) is 0.823. The van der Waals surface area contributed by atoms with Crippen LogP contribution in [0.15, 0.2) is 0 Å². The maximum atomic E-state index is 12.4. The molecule has 0 aromatic heterocycles. The van der Waals surface area contributed by atoms with Crippen LogP contribution in [0.1, 0.15) is 57.8 Å². The minimum Gasteiger partial charge on any atom is -0.353 e. The topological polar surface area (TPSA) is 73.0 Å². The van der Waals surface area contributed by atoms with Gasteiger partial charge in [-0.2, -0.15) is 0 Å². The number of hydrogen-bond donors (Lipinski definition) is 1. The van der Waals surface area contributed by atoms with Crippen LogP contribution < -0.4 is 5.32 Å². The third-order valence-corrected chi connectivity index (χ3v) is 5.79. The van der Waals surface area contributed by atoms with E-state index in [1.54, 1.807) is 0 Å². The molecule has 3 heterocycles. The molecule has 0 radical (unpaired) electrons. The number of carbonyl (C=O) groups excluding carboxylic acids is 3. The summed E-state index contributed by atoms with van der Waals surface area (Å²) in [5.41, 5.74) is 0. The molecular weight excluding hydrogens is 332 g/mol. The van der Waals surface area contributed by atoms with Crippen molar-refractivity contribution in [3.63, 3.8) is 0 Å². The summed E-state index contributed by atoms with van der Waals surface area (Å²) in [4.78, 5) is 42.3. The van der Waals surface area contributed by atoms with E-state index in [1.165, 1.54) is 0 Å². The lowest BCUT2D eigenvalue weighted by molar-refractivity contribution is -0.131. The fourth-order valence-electron chi connectivity index (χ4n) is 4.13. The first-order valence-corrected chi connectivity index (χ1v) is 10.2. The fraction of sp³-hybridized carbons (Fsp3) is 0.842. The van der Waals surface area contributed by atoms with Crippen LogP contribution in [0.25, 0.3) is 0 Å². The SMILES string of the molecule is O=C(CCN1CCCCCC1=O)NC1CCN(C(=O)N2CCCC2)CC1. The van der Waals surface area contributed by atoms with Crippen LogP contribution in [0.2, 0.25) is 0 Å². The summed E-state index contributed by atoms with van der Waals surface area (Å²) in [5.74, 6) is 0.204. The molecule has 7 nitrogen and oxygen atoms in total. The lowest BCUT2D eigenvalue weighted by Gasteiger charge is -2.34. The summed E-state index contributed by atoms with van der Waals surface area (Å²) in [6, 6.07) is 0.303. The third kappa shape index (κ3) is 5.11. The molecule has 4 amide bonds. The van der Waals surface area contributed by atoms with E-state index in [-0.39, 0.29) is 23.9 Å². The first kappa shape index (κ1) is 19.0. The minimum atomic E-state index is 0.0198. The molecule has 3 rings (SSSR count). The summed E-state index contributed by atoms with van der Waals surface area (Å²) in [6.45, 7) is 4.49. The Morgan fingerprint density at radius 2 is 1.54 bits per heavy atom. The Hall–Kier alpha value is -1.79. The van der Waals surface area contributed by atoms with Crippen molar-refractivity contribution in [2.24, 2.45) is 0 Å². The van der Waals surface area contributed by atoms with Crippen molar-refractivity contribution in [2.45, 2.75) is 63.8 Å². The largest absolute Gasteiger partial charge is 0.353 e. The molecule has 3 aliphatic heterocycles. The Balaban J connectivity index is 1.35. The summed E-state index contributed by atoms with van der Waals surface area (Å²) in [5, 5.41) is 3.09. The van der Waals surface area contributed by atoms with Gasteiger partial charge in [-0.15, -0.1) is 0 Å². The maximum absolute atomic E-state index is 12.4. The van der Waals surface area contributed by atoms with Gasteiger partial charge in [-0.1, -0.05) is 6.42 Å². The molecule has 3 aliphatic rings. The molecule has 0 atom stereocenters. The highest BCUT2D eigenvalue weighted by molar-refractivity contribution is 5.79. The number of urea groups is 1. The lowest BCUT2D eigenvalue weighted by atomic mass is 10.1. The Morgan fingerprint density at radius 3 is 2.27 bits per heavy atom. The fourth-order valence-corrected chi connectivity index (χ4v) is 4.13. The highest BCUT2D eigenvalue weighted by atomic mass is 16.2. The van der Waals surface area contributed by atoms with Gasteiger partial charge in [0.2, 0.25) is 11.8 Å². The number of amides is 4. The number of rotatable bonds is 4. The van der Waals surface area contributed by atoms with Crippen molar-refractivity contribution < 1.29 is 14.4 Å². The zero-order valence-electron chi connectivity index (χ0n) is 15.8. The van der Waals surface area contributed by atoms with E-state index in [1.807, 2.05) is 14.7 Å². The Labute approximate surface area is 156 Å². The van der Waals surface area contributed by atoms with E-state index < -0.39 is 0 Å². The van der Waals surface area contributed by atoms with E-state index in [4.69, 9.17) is 0 Å². The van der Waals surface area contributed by atoms with Gasteiger partial charge in [0.1, 0.15) is 0 Å². The predicted molar refractivity (Wildman–Crippen MR) is 98.6 cm³/mol. The molecule has 0 saturated carbocycles. The van der Waals surface area contributed by atoms with E-state index in [2.05, 4.69) is 5.32 Å². The molecular formula is C19H32N4O3. The molecule has 3 saturated heterocycles. The second-order valence-electron chi connectivity index (χ2n) is 7.75. The molecule has 0 unspecified atom stereocenters. The van der Waals surface area contributed by atoms with Crippen molar-refractivity contribution in [3.8, 4) is 0 Å². The first-order chi connectivity index (χ1) is 12.6. The summed E-state index contributed by atoms with van der Waals surface area (Å²) >= 11 is 0. The average molecular weight is 364 g/mol.